The summed E-state index contributed by atoms with van der Waals surface area (Å²) in [6.45, 7) is 6.36. The van der Waals surface area contributed by atoms with Gasteiger partial charge in [-0.15, -0.1) is 0 Å². The van der Waals surface area contributed by atoms with Crippen molar-refractivity contribution in [1.82, 2.24) is 0 Å². The Morgan fingerprint density at radius 3 is 2.25 bits per heavy atom. The summed E-state index contributed by atoms with van der Waals surface area (Å²) >= 11 is 0. The van der Waals surface area contributed by atoms with Gasteiger partial charge < -0.3 is 10.2 Å². The van der Waals surface area contributed by atoms with Crippen molar-refractivity contribution < 1.29 is 10.2 Å². The van der Waals surface area contributed by atoms with Crippen molar-refractivity contribution >= 4 is 0 Å². The molecule has 0 saturated carbocycles. The molecule has 0 rings (SSSR count). The molecule has 0 aliphatic heterocycles. The molecular formula is C10H22O2. The topological polar surface area (TPSA) is 40.5 Å². The predicted molar refractivity (Wildman–Crippen MR) is 50.9 cm³/mol. The smallest absolute Gasteiger partial charge is 0.0565 e. The molecule has 3 atom stereocenters. The van der Waals surface area contributed by atoms with Gasteiger partial charge in [-0.1, -0.05) is 27.2 Å². The number of hydrogen-bond acceptors (Lipinski definition) is 2. The molecule has 0 amide bonds. The van der Waals surface area contributed by atoms with E-state index in [1.807, 2.05) is 13.8 Å². The van der Waals surface area contributed by atoms with Crippen LogP contribution >= 0.6 is 0 Å². The van der Waals surface area contributed by atoms with Crippen LogP contribution < -0.4 is 0 Å². The van der Waals surface area contributed by atoms with Crippen molar-refractivity contribution in [3.05, 3.63) is 0 Å². The lowest BCUT2D eigenvalue weighted by molar-refractivity contribution is 0.0859. The van der Waals surface area contributed by atoms with Gasteiger partial charge in [-0.25, -0.2) is 0 Å². The van der Waals surface area contributed by atoms with Crippen LogP contribution in [0.3, 0.4) is 0 Å². The van der Waals surface area contributed by atoms with E-state index in [1.54, 1.807) is 0 Å². The average molecular weight is 174 g/mol. The lowest BCUT2D eigenvalue weighted by atomic mass is 9.91. The monoisotopic (exact) mass is 174 g/mol. The van der Waals surface area contributed by atoms with Gasteiger partial charge in [0, 0.05) is 6.61 Å². The maximum absolute atomic E-state index is 9.58. The van der Waals surface area contributed by atoms with Gasteiger partial charge in [-0.05, 0) is 24.7 Å². The highest BCUT2D eigenvalue weighted by molar-refractivity contribution is 4.66. The quantitative estimate of drug-likeness (QED) is 0.644. The molecule has 0 bridgehead atoms. The molecule has 0 spiro atoms. The third-order valence-corrected chi connectivity index (χ3v) is 2.33. The molecule has 2 heteroatoms. The largest absolute Gasteiger partial charge is 0.396 e. The van der Waals surface area contributed by atoms with E-state index in [0.717, 1.165) is 19.3 Å². The van der Waals surface area contributed by atoms with Crippen molar-refractivity contribution in [2.75, 3.05) is 6.61 Å². The van der Waals surface area contributed by atoms with E-state index >= 15 is 0 Å². The van der Waals surface area contributed by atoms with E-state index in [2.05, 4.69) is 6.92 Å². The average Bonchev–Trinajstić information content (AvgIpc) is 2.04. The van der Waals surface area contributed by atoms with Crippen LogP contribution in [-0.2, 0) is 0 Å². The summed E-state index contributed by atoms with van der Waals surface area (Å²) in [6.07, 6.45) is 2.62. The lowest BCUT2D eigenvalue weighted by Gasteiger charge is -2.20. The molecular weight excluding hydrogens is 152 g/mol. The van der Waals surface area contributed by atoms with E-state index in [-0.39, 0.29) is 12.7 Å². The molecule has 0 aromatic heterocycles. The number of aliphatic hydroxyl groups excluding tert-OH is 2. The van der Waals surface area contributed by atoms with Crippen molar-refractivity contribution in [1.29, 1.82) is 0 Å². The van der Waals surface area contributed by atoms with Crippen LogP contribution in [-0.4, -0.2) is 22.9 Å². The Labute approximate surface area is 75.6 Å². The van der Waals surface area contributed by atoms with Crippen LogP contribution in [0.15, 0.2) is 0 Å². The van der Waals surface area contributed by atoms with Crippen molar-refractivity contribution in [2.24, 2.45) is 11.8 Å². The first-order chi connectivity index (χ1) is 5.61. The lowest BCUT2D eigenvalue weighted by Crippen LogP contribution is -2.20. The van der Waals surface area contributed by atoms with E-state index in [9.17, 15) is 5.11 Å². The maximum Gasteiger partial charge on any atom is 0.0565 e. The Morgan fingerprint density at radius 1 is 1.25 bits per heavy atom. The van der Waals surface area contributed by atoms with Gasteiger partial charge in [0.2, 0.25) is 0 Å². The van der Waals surface area contributed by atoms with Crippen LogP contribution in [0.5, 0.6) is 0 Å². The molecule has 0 aliphatic rings. The Morgan fingerprint density at radius 2 is 1.83 bits per heavy atom. The molecule has 0 aromatic rings. The summed E-state index contributed by atoms with van der Waals surface area (Å²) in [7, 11) is 0. The molecule has 2 N–H and O–H groups in total. The highest BCUT2D eigenvalue weighted by Gasteiger charge is 2.15. The van der Waals surface area contributed by atoms with Crippen LogP contribution in [0.4, 0.5) is 0 Å². The zero-order valence-electron chi connectivity index (χ0n) is 8.45. The molecule has 0 saturated heterocycles. The minimum absolute atomic E-state index is 0.191. The molecule has 0 aliphatic carbocycles. The van der Waals surface area contributed by atoms with E-state index < -0.39 is 0 Å². The van der Waals surface area contributed by atoms with E-state index in [0.29, 0.717) is 11.8 Å². The standard InChI is InChI=1S/C10H22O2/c1-4-5-10(12)9(3)6-8(2)7-11/h8-12H,4-7H2,1-3H3. The minimum atomic E-state index is -0.191. The summed E-state index contributed by atoms with van der Waals surface area (Å²) in [5.74, 6) is 0.624. The Bertz CT molecular complexity index is 104. The van der Waals surface area contributed by atoms with Gasteiger partial charge in [-0.2, -0.15) is 0 Å². The van der Waals surface area contributed by atoms with Crippen molar-refractivity contribution in [3.63, 3.8) is 0 Å². The van der Waals surface area contributed by atoms with Crippen LogP contribution in [0.2, 0.25) is 0 Å². The molecule has 74 valence electrons. The molecule has 0 heterocycles. The molecule has 2 nitrogen and oxygen atoms in total. The van der Waals surface area contributed by atoms with Crippen LogP contribution in [0, 0.1) is 11.8 Å². The first-order valence-corrected chi connectivity index (χ1v) is 4.90. The summed E-state index contributed by atoms with van der Waals surface area (Å²) < 4.78 is 0. The number of aliphatic hydroxyl groups is 2. The van der Waals surface area contributed by atoms with E-state index in [4.69, 9.17) is 5.11 Å². The maximum atomic E-state index is 9.58. The molecule has 3 unspecified atom stereocenters. The first-order valence-electron chi connectivity index (χ1n) is 4.90. The first kappa shape index (κ1) is 11.9. The van der Waals surface area contributed by atoms with Gasteiger partial charge in [-0.3, -0.25) is 0 Å². The van der Waals surface area contributed by atoms with Crippen molar-refractivity contribution in [3.8, 4) is 0 Å². The Hall–Kier alpha value is -0.0800. The van der Waals surface area contributed by atoms with Gasteiger partial charge in [0.25, 0.3) is 0 Å². The summed E-state index contributed by atoms with van der Waals surface area (Å²) in [6, 6.07) is 0. The second-order valence-corrected chi connectivity index (χ2v) is 3.86. The predicted octanol–water partition coefficient (Wildman–Crippen LogP) is 1.80. The van der Waals surface area contributed by atoms with Crippen molar-refractivity contribution in [2.45, 2.75) is 46.1 Å². The SMILES string of the molecule is CCCC(O)C(C)CC(C)CO. The third-order valence-electron chi connectivity index (χ3n) is 2.33. The third kappa shape index (κ3) is 4.73. The Kier molecular flexibility index (Phi) is 6.39. The summed E-state index contributed by atoms with van der Waals surface area (Å²) in [5, 5.41) is 18.4. The molecule has 0 fully saturated rings. The van der Waals surface area contributed by atoms with Gasteiger partial charge in [0.1, 0.15) is 0 Å². The summed E-state index contributed by atoms with van der Waals surface area (Å²) in [4.78, 5) is 0. The van der Waals surface area contributed by atoms with Gasteiger partial charge in [0.15, 0.2) is 0 Å². The fourth-order valence-electron chi connectivity index (χ4n) is 1.45. The van der Waals surface area contributed by atoms with Gasteiger partial charge >= 0.3 is 0 Å². The fourth-order valence-corrected chi connectivity index (χ4v) is 1.45. The zero-order valence-corrected chi connectivity index (χ0v) is 8.45. The van der Waals surface area contributed by atoms with Crippen LogP contribution in [0.25, 0.3) is 0 Å². The highest BCUT2D eigenvalue weighted by Crippen LogP contribution is 2.17. The number of rotatable bonds is 6. The molecule has 0 aromatic carbocycles. The highest BCUT2D eigenvalue weighted by atomic mass is 16.3. The summed E-state index contributed by atoms with van der Waals surface area (Å²) in [5.41, 5.74) is 0. The zero-order chi connectivity index (χ0) is 9.56. The second-order valence-electron chi connectivity index (χ2n) is 3.86. The minimum Gasteiger partial charge on any atom is -0.396 e. The molecule has 12 heavy (non-hydrogen) atoms. The fraction of sp³-hybridized carbons (Fsp3) is 1.00. The van der Waals surface area contributed by atoms with Gasteiger partial charge in [0.05, 0.1) is 6.10 Å². The van der Waals surface area contributed by atoms with Crippen LogP contribution in [0.1, 0.15) is 40.0 Å². The Balaban J connectivity index is 3.62. The van der Waals surface area contributed by atoms with E-state index in [1.165, 1.54) is 0 Å². The number of hydrogen-bond donors (Lipinski definition) is 2. The normalized spacial score (nSPS) is 18.8. The molecule has 0 radical (unpaired) electrons. The second kappa shape index (κ2) is 6.44.